The number of hydrogen-bond donors (Lipinski definition) is 1. The van der Waals surface area contributed by atoms with Crippen molar-refractivity contribution in [1.29, 1.82) is 0 Å². The highest BCUT2D eigenvalue weighted by Crippen LogP contribution is 2.47. The second kappa shape index (κ2) is 7.60. The molecule has 0 radical (unpaired) electrons. The molecule has 1 amide bonds. The van der Waals surface area contributed by atoms with E-state index in [0.29, 0.717) is 6.42 Å². The lowest BCUT2D eigenvalue weighted by Crippen LogP contribution is -2.47. The normalized spacial score (nSPS) is 13.6. The van der Waals surface area contributed by atoms with Crippen LogP contribution in [-0.2, 0) is 9.53 Å². The molecular weight excluding hydrogens is 330 g/mol. The summed E-state index contributed by atoms with van der Waals surface area (Å²) in [7, 11) is 1.29. The summed E-state index contributed by atoms with van der Waals surface area (Å²) in [5.74, 6) is -1.01. The van der Waals surface area contributed by atoms with Gasteiger partial charge in [-0.25, -0.2) is 9.59 Å². The lowest BCUT2D eigenvalue weighted by atomic mass is 9.99. The number of nitrogens with zero attached hydrogens (tertiary/aromatic N) is 1. The maximum Gasteiger partial charge on any atom is 0.411 e. The van der Waals surface area contributed by atoms with Gasteiger partial charge >= 0.3 is 12.1 Å². The van der Waals surface area contributed by atoms with Gasteiger partial charge in [0.25, 0.3) is 0 Å². The number of benzene rings is 2. The number of rotatable bonds is 6. The summed E-state index contributed by atoms with van der Waals surface area (Å²) in [6, 6.07) is 14.2. The fourth-order valence-electron chi connectivity index (χ4n) is 3.73. The maximum absolute atomic E-state index is 12.7. The molecule has 5 nitrogen and oxygen atoms in total. The van der Waals surface area contributed by atoms with E-state index in [2.05, 4.69) is 0 Å². The fraction of sp³-hybridized carbons (Fsp3) is 0.333. The van der Waals surface area contributed by atoms with Gasteiger partial charge in [0.05, 0.1) is 13.2 Å². The molecule has 26 heavy (non-hydrogen) atoms. The number of carbonyl (C=O) groups is 2. The van der Waals surface area contributed by atoms with E-state index >= 15 is 0 Å². The SMILES string of the molecule is CCCCC(C(=O)O)N(C(=O)OC)C1c2ccccc2-c2ccccc21. The van der Waals surface area contributed by atoms with Crippen LogP contribution in [0.4, 0.5) is 4.79 Å². The topological polar surface area (TPSA) is 66.8 Å². The van der Waals surface area contributed by atoms with Crippen LogP contribution in [0.5, 0.6) is 0 Å². The monoisotopic (exact) mass is 353 g/mol. The Morgan fingerprint density at radius 2 is 1.62 bits per heavy atom. The number of amides is 1. The van der Waals surface area contributed by atoms with Crippen LogP contribution in [0.3, 0.4) is 0 Å². The first-order valence-corrected chi connectivity index (χ1v) is 8.87. The third-order valence-corrected chi connectivity index (χ3v) is 4.92. The molecule has 0 spiro atoms. The van der Waals surface area contributed by atoms with Crippen molar-refractivity contribution in [2.24, 2.45) is 0 Å². The van der Waals surface area contributed by atoms with E-state index in [9.17, 15) is 14.7 Å². The Bertz CT molecular complexity index is 772. The highest BCUT2D eigenvalue weighted by atomic mass is 16.5. The van der Waals surface area contributed by atoms with E-state index in [-0.39, 0.29) is 0 Å². The van der Waals surface area contributed by atoms with Crippen molar-refractivity contribution in [1.82, 2.24) is 4.90 Å². The van der Waals surface area contributed by atoms with Gasteiger partial charge in [-0.3, -0.25) is 4.90 Å². The molecule has 3 rings (SSSR count). The standard InChI is InChI=1S/C21H23NO4/c1-3-4-13-18(20(23)24)22(21(25)26-2)19-16-11-7-5-9-14(16)15-10-6-8-12-17(15)19/h5-12,18-19H,3-4,13H2,1-2H3,(H,23,24). The van der Waals surface area contributed by atoms with Crippen LogP contribution in [0.2, 0.25) is 0 Å². The zero-order chi connectivity index (χ0) is 18.7. The van der Waals surface area contributed by atoms with Crippen molar-refractivity contribution in [3.05, 3.63) is 59.7 Å². The van der Waals surface area contributed by atoms with E-state index in [4.69, 9.17) is 4.74 Å². The number of methoxy groups -OCH3 is 1. The van der Waals surface area contributed by atoms with E-state index in [1.54, 1.807) is 0 Å². The molecule has 0 fully saturated rings. The predicted octanol–water partition coefficient (Wildman–Crippen LogP) is 4.47. The van der Waals surface area contributed by atoms with Crippen molar-refractivity contribution in [2.45, 2.75) is 38.3 Å². The number of fused-ring (bicyclic) bond motifs is 3. The molecule has 1 unspecified atom stereocenters. The Labute approximate surface area is 153 Å². The molecule has 1 N–H and O–H groups in total. The quantitative estimate of drug-likeness (QED) is 0.832. The van der Waals surface area contributed by atoms with E-state index in [0.717, 1.165) is 35.1 Å². The molecule has 1 aliphatic rings. The second-order valence-corrected chi connectivity index (χ2v) is 6.45. The van der Waals surface area contributed by atoms with Gasteiger partial charge in [-0.15, -0.1) is 0 Å². The molecule has 0 aliphatic heterocycles. The summed E-state index contributed by atoms with van der Waals surface area (Å²) in [5, 5.41) is 9.82. The highest BCUT2D eigenvalue weighted by Gasteiger charge is 2.41. The Balaban J connectivity index is 2.15. The molecule has 2 aromatic rings. The molecule has 1 atom stereocenters. The van der Waals surface area contributed by atoms with E-state index in [1.807, 2.05) is 55.5 Å². The molecule has 5 heteroatoms. The fourth-order valence-corrected chi connectivity index (χ4v) is 3.73. The molecule has 0 saturated heterocycles. The van der Waals surface area contributed by atoms with Gasteiger partial charge in [0.15, 0.2) is 0 Å². The maximum atomic E-state index is 12.7. The van der Waals surface area contributed by atoms with Gasteiger partial charge in [-0.2, -0.15) is 0 Å². The minimum absolute atomic E-state index is 0.391. The summed E-state index contributed by atoms with van der Waals surface area (Å²) in [6.45, 7) is 2.00. The van der Waals surface area contributed by atoms with Crippen molar-refractivity contribution in [3.63, 3.8) is 0 Å². The first-order chi connectivity index (χ1) is 12.6. The summed E-state index contributed by atoms with van der Waals surface area (Å²) in [6.07, 6.45) is 1.35. The van der Waals surface area contributed by atoms with Crippen LogP contribution in [0.15, 0.2) is 48.5 Å². The molecular formula is C21H23NO4. The average Bonchev–Trinajstić information content (AvgIpc) is 2.99. The van der Waals surface area contributed by atoms with Crippen molar-refractivity contribution < 1.29 is 19.4 Å². The Morgan fingerprint density at radius 1 is 1.08 bits per heavy atom. The number of aliphatic carboxylic acids is 1. The largest absolute Gasteiger partial charge is 0.480 e. The van der Waals surface area contributed by atoms with Crippen LogP contribution in [0, 0.1) is 0 Å². The first kappa shape index (κ1) is 18.0. The minimum Gasteiger partial charge on any atom is -0.480 e. The number of ether oxygens (including phenoxy) is 1. The average molecular weight is 353 g/mol. The van der Waals surface area contributed by atoms with E-state index < -0.39 is 24.1 Å². The zero-order valence-electron chi connectivity index (χ0n) is 15.0. The number of carboxylic acid groups (broad SMARTS) is 1. The molecule has 0 bridgehead atoms. The minimum atomic E-state index is -1.01. The van der Waals surface area contributed by atoms with Gasteiger partial charge in [0.2, 0.25) is 0 Å². The highest BCUT2D eigenvalue weighted by molar-refractivity contribution is 5.85. The molecule has 0 heterocycles. The molecule has 2 aromatic carbocycles. The van der Waals surface area contributed by atoms with Gasteiger partial charge in [0, 0.05) is 0 Å². The van der Waals surface area contributed by atoms with Crippen LogP contribution in [0.25, 0.3) is 11.1 Å². The first-order valence-electron chi connectivity index (χ1n) is 8.87. The molecule has 0 saturated carbocycles. The van der Waals surface area contributed by atoms with Crippen LogP contribution >= 0.6 is 0 Å². The van der Waals surface area contributed by atoms with Gasteiger partial charge in [0.1, 0.15) is 6.04 Å². The van der Waals surface area contributed by atoms with Gasteiger partial charge < -0.3 is 9.84 Å². The summed E-state index contributed by atoms with van der Waals surface area (Å²) >= 11 is 0. The van der Waals surface area contributed by atoms with Gasteiger partial charge in [-0.05, 0) is 28.7 Å². The van der Waals surface area contributed by atoms with Crippen molar-refractivity contribution in [3.8, 4) is 11.1 Å². The smallest absolute Gasteiger partial charge is 0.411 e. The van der Waals surface area contributed by atoms with E-state index in [1.165, 1.54) is 12.0 Å². The number of unbranched alkanes of at least 4 members (excludes halogenated alkanes) is 1. The summed E-state index contributed by atoms with van der Waals surface area (Å²) in [4.78, 5) is 26.1. The predicted molar refractivity (Wildman–Crippen MR) is 98.9 cm³/mol. The Kier molecular flexibility index (Phi) is 5.26. The Hall–Kier alpha value is -2.82. The van der Waals surface area contributed by atoms with Crippen molar-refractivity contribution in [2.75, 3.05) is 7.11 Å². The zero-order valence-corrected chi connectivity index (χ0v) is 15.0. The van der Waals surface area contributed by atoms with Gasteiger partial charge in [-0.1, -0.05) is 68.3 Å². The lowest BCUT2D eigenvalue weighted by molar-refractivity contribution is -0.143. The number of carboxylic acids is 1. The van der Waals surface area contributed by atoms with Crippen LogP contribution in [0.1, 0.15) is 43.4 Å². The lowest BCUT2D eigenvalue weighted by Gasteiger charge is -2.34. The molecule has 0 aromatic heterocycles. The third-order valence-electron chi connectivity index (χ3n) is 4.92. The van der Waals surface area contributed by atoms with Crippen molar-refractivity contribution >= 4 is 12.1 Å². The third kappa shape index (κ3) is 3.05. The number of carbonyl (C=O) groups excluding carboxylic acids is 1. The van der Waals surface area contributed by atoms with Crippen LogP contribution in [-0.4, -0.2) is 35.2 Å². The molecule has 136 valence electrons. The summed E-state index contributed by atoms with van der Waals surface area (Å²) < 4.78 is 4.99. The summed E-state index contributed by atoms with van der Waals surface area (Å²) in [5.41, 5.74) is 3.92. The second-order valence-electron chi connectivity index (χ2n) is 6.45. The van der Waals surface area contributed by atoms with Crippen LogP contribution < -0.4 is 0 Å². The molecule has 1 aliphatic carbocycles. The number of hydrogen-bond acceptors (Lipinski definition) is 3. The Morgan fingerprint density at radius 3 is 2.08 bits per heavy atom.